The zero-order valence-corrected chi connectivity index (χ0v) is 42.1. The Bertz CT molecular complexity index is 1400. The molecule has 0 saturated carbocycles. The minimum Gasteiger partial charge on any atom is -0.756 e. The molecule has 64 heavy (non-hydrogen) atoms. The molecule has 366 valence electrons. The fourth-order valence-electron chi connectivity index (χ4n) is 6.28. The van der Waals surface area contributed by atoms with Crippen molar-refractivity contribution in [3.05, 3.63) is 97.2 Å². The number of unbranched alkanes of at least 4 members (excludes halogenated alkanes) is 14. The van der Waals surface area contributed by atoms with Crippen molar-refractivity contribution >= 4 is 19.8 Å². The zero-order chi connectivity index (χ0) is 47.1. The molecule has 0 bridgehead atoms. The standard InChI is InChI=1S/C54H92NO8P/c1-6-8-10-12-14-16-18-20-22-24-25-26-27-28-29-31-33-35-37-39-41-43-45-47-54(57)63-52(51-62-64(58,59)61-49-48-55(3,4)5)50-60-53(56)46-44-42-40-38-36-34-32-30-23-21-19-17-15-13-11-9-7-2/h8-11,14-17,20-23,25-26,32,34,52H,6-7,12-13,18-19,24,27-31,33,35-51H2,1-5H3/b10-8-,11-9-,16-14-,17-15-,22-20-,23-21-,26-25-,34-32-. The maximum Gasteiger partial charge on any atom is 0.306 e. The Labute approximate surface area is 392 Å². The number of phosphoric acid groups is 1. The van der Waals surface area contributed by atoms with E-state index in [0.29, 0.717) is 23.9 Å². The number of carbonyl (C=O) groups is 2. The van der Waals surface area contributed by atoms with Crippen molar-refractivity contribution in [2.75, 3.05) is 47.5 Å². The molecule has 0 heterocycles. The van der Waals surface area contributed by atoms with Crippen LogP contribution in [0.3, 0.4) is 0 Å². The Kier molecular flexibility index (Phi) is 42.9. The summed E-state index contributed by atoms with van der Waals surface area (Å²) in [4.78, 5) is 37.7. The van der Waals surface area contributed by atoms with Crippen LogP contribution in [0.1, 0.15) is 181 Å². The molecule has 9 nitrogen and oxygen atoms in total. The van der Waals surface area contributed by atoms with Gasteiger partial charge in [0.25, 0.3) is 7.82 Å². The van der Waals surface area contributed by atoms with Crippen molar-refractivity contribution < 1.29 is 42.1 Å². The number of ether oxygens (including phenoxy) is 2. The Balaban J connectivity index is 4.32. The number of hydrogen-bond acceptors (Lipinski definition) is 8. The lowest BCUT2D eigenvalue weighted by atomic mass is 10.0. The lowest BCUT2D eigenvalue weighted by molar-refractivity contribution is -0.870. The largest absolute Gasteiger partial charge is 0.756 e. The van der Waals surface area contributed by atoms with Gasteiger partial charge in [0, 0.05) is 12.8 Å². The molecular weight excluding hydrogens is 822 g/mol. The lowest BCUT2D eigenvalue weighted by Crippen LogP contribution is -2.37. The van der Waals surface area contributed by atoms with Crippen LogP contribution in [-0.4, -0.2) is 70.0 Å². The third-order valence-corrected chi connectivity index (χ3v) is 11.1. The molecule has 0 aromatic carbocycles. The first-order chi connectivity index (χ1) is 31.0. The molecule has 0 saturated heterocycles. The SMILES string of the molecule is CC/C=C\C/C=C\C/C=C\C/C=C\CCCCCCCCCCCCC(=O)OC(COC(=O)CCCCCC/C=C\C/C=C\C/C=C\C/C=C\CC)COP(=O)([O-])OCC[N+](C)(C)C. The van der Waals surface area contributed by atoms with Crippen LogP contribution in [0.25, 0.3) is 0 Å². The molecule has 0 fully saturated rings. The normalized spacial score (nSPS) is 14.3. The Morgan fingerprint density at radius 2 is 0.844 bits per heavy atom. The second kappa shape index (κ2) is 45.1. The summed E-state index contributed by atoms with van der Waals surface area (Å²) in [6, 6.07) is 0. The number of carbonyl (C=O) groups excluding carboxylic acids is 2. The number of rotatable bonds is 44. The zero-order valence-electron chi connectivity index (χ0n) is 41.2. The summed E-state index contributed by atoms with van der Waals surface area (Å²) in [5.74, 6) is -0.874. The van der Waals surface area contributed by atoms with Crippen molar-refractivity contribution in [2.24, 2.45) is 0 Å². The summed E-state index contributed by atoms with van der Waals surface area (Å²) in [5, 5.41) is 0. The first kappa shape index (κ1) is 60.9. The van der Waals surface area contributed by atoms with Gasteiger partial charge in [0.2, 0.25) is 0 Å². The van der Waals surface area contributed by atoms with Crippen molar-refractivity contribution in [3.63, 3.8) is 0 Å². The van der Waals surface area contributed by atoms with E-state index in [1.165, 1.54) is 38.5 Å². The van der Waals surface area contributed by atoms with Gasteiger partial charge in [0.15, 0.2) is 6.10 Å². The van der Waals surface area contributed by atoms with Crippen LogP contribution in [0, 0.1) is 0 Å². The van der Waals surface area contributed by atoms with Gasteiger partial charge in [-0.05, 0) is 89.9 Å². The Morgan fingerprint density at radius 3 is 1.25 bits per heavy atom. The lowest BCUT2D eigenvalue weighted by Gasteiger charge is -2.28. The summed E-state index contributed by atoms with van der Waals surface area (Å²) in [6.07, 6.45) is 60.1. The third-order valence-electron chi connectivity index (χ3n) is 10.1. The fourth-order valence-corrected chi connectivity index (χ4v) is 7.01. The maximum atomic E-state index is 12.7. The number of hydrogen-bond donors (Lipinski definition) is 0. The number of esters is 2. The molecule has 2 unspecified atom stereocenters. The van der Waals surface area contributed by atoms with Crippen molar-refractivity contribution in [3.8, 4) is 0 Å². The molecule has 0 aromatic heterocycles. The van der Waals surface area contributed by atoms with Crippen LogP contribution in [0.15, 0.2) is 97.2 Å². The maximum absolute atomic E-state index is 12.7. The van der Waals surface area contributed by atoms with Crippen LogP contribution in [0.4, 0.5) is 0 Å². The molecule has 10 heteroatoms. The molecule has 0 aliphatic heterocycles. The number of phosphoric ester groups is 1. The van der Waals surface area contributed by atoms with Crippen LogP contribution in [-0.2, 0) is 32.7 Å². The fraction of sp³-hybridized carbons (Fsp3) is 0.667. The molecular formula is C54H92NO8P. The molecule has 0 N–H and O–H groups in total. The molecule has 0 aliphatic carbocycles. The van der Waals surface area contributed by atoms with E-state index in [0.717, 1.165) is 103 Å². The molecule has 0 rings (SSSR count). The van der Waals surface area contributed by atoms with E-state index in [9.17, 15) is 19.0 Å². The third kappa shape index (κ3) is 48.4. The number of quaternary nitrogens is 1. The number of allylic oxidation sites excluding steroid dienone is 16. The summed E-state index contributed by atoms with van der Waals surface area (Å²) >= 11 is 0. The smallest absolute Gasteiger partial charge is 0.306 e. The van der Waals surface area contributed by atoms with Crippen LogP contribution in [0.2, 0.25) is 0 Å². The highest BCUT2D eigenvalue weighted by Gasteiger charge is 2.21. The van der Waals surface area contributed by atoms with Gasteiger partial charge in [-0.25, -0.2) is 0 Å². The van der Waals surface area contributed by atoms with Gasteiger partial charge in [0.1, 0.15) is 19.8 Å². The molecule has 0 spiro atoms. The van der Waals surface area contributed by atoms with E-state index in [-0.39, 0.29) is 26.1 Å². The molecule has 0 aromatic rings. The number of nitrogens with zero attached hydrogens (tertiary/aromatic N) is 1. The second-order valence-electron chi connectivity index (χ2n) is 17.4. The summed E-state index contributed by atoms with van der Waals surface area (Å²) < 4.78 is 34.0. The predicted octanol–water partition coefficient (Wildman–Crippen LogP) is 14.3. The van der Waals surface area contributed by atoms with Gasteiger partial charge >= 0.3 is 11.9 Å². The average Bonchev–Trinajstić information content (AvgIpc) is 3.25. The quantitative estimate of drug-likeness (QED) is 0.0195. The molecule has 0 radical (unpaired) electrons. The van der Waals surface area contributed by atoms with Gasteiger partial charge < -0.3 is 27.9 Å². The van der Waals surface area contributed by atoms with Crippen LogP contribution >= 0.6 is 7.82 Å². The van der Waals surface area contributed by atoms with Crippen molar-refractivity contribution in [1.82, 2.24) is 0 Å². The minimum atomic E-state index is -4.64. The van der Waals surface area contributed by atoms with Crippen molar-refractivity contribution in [1.29, 1.82) is 0 Å². The van der Waals surface area contributed by atoms with E-state index in [1.807, 2.05) is 21.1 Å². The van der Waals surface area contributed by atoms with Gasteiger partial charge in [-0.2, -0.15) is 0 Å². The number of likely N-dealkylation sites (N-methyl/N-ethyl adjacent to an activating group) is 1. The van der Waals surface area contributed by atoms with E-state index in [4.69, 9.17) is 18.5 Å². The summed E-state index contributed by atoms with van der Waals surface area (Å²) in [5.41, 5.74) is 0. The molecule has 2 atom stereocenters. The van der Waals surface area contributed by atoms with E-state index in [1.54, 1.807) is 0 Å². The van der Waals surface area contributed by atoms with Crippen molar-refractivity contribution in [2.45, 2.75) is 187 Å². The molecule has 0 amide bonds. The van der Waals surface area contributed by atoms with Crippen LogP contribution < -0.4 is 4.89 Å². The first-order valence-electron chi connectivity index (χ1n) is 24.9. The highest BCUT2D eigenvalue weighted by atomic mass is 31.2. The topological polar surface area (TPSA) is 111 Å². The van der Waals surface area contributed by atoms with E-state index < -0.39 is 32.5 Å². The summed E-state index contributed by atoms with van der Waals surface area (Å²) in [7, 11) is 1.13. The Morgan fingerprint density at radius 1 is 0.484 bits per heavy atom. The highest BCUT2D eigenvalue weighted by molar-refractivity contribution is 7.45. The Hall–Kier alpha value is -3.07. The first-order valence-corrected chi connectivity index (χ1v) is 26.4. The van der Waals surface area contributed by atoms with Gasteiger partial charge in [-0.3, -0.25) is 14.2 Å². The van der Waals surface area contributed by atoms with E-state index in [2.05, 4.69) is 111 Å². The average molecular weight is 914 g/mol. The van der Waals surface area contributed by atoms with E-state index >= 15 is 0 Å². The minimum absolute atomic E-state index is 0.0413. The summed E-state index contributed by atoms with van der Waals surface area (Å²) in [6.45, 7) is 3.96. The second-order valence-corrected chi connectivity index (χ2v) is 18.8. The van der Waals surface area contributed by atoms with Gasteiger partial charge in [-0.15, -0.1) is 0 Å². The highest BCUT2D eigenvalue weighted by Crippen LogP contribution is 2.38. The van der Waals surface area contributed by atoms with Gasteiger partial charge in [-0.1, -0.05) is 175 Å². The molecule has 0 aliphatic rings. The van der Waals surface area contributed by atoms with Crippen LogP contribution in [0.5, 0.6) is 0 Å². The predicted molar refractivity (Wildman–Crippen MR) is 268 cm³/mol. The van der Waals surface area contributed by atoms with Gasteiger partial charge in [0.05, 0.1) is 27.7 Å². The monoisotopic (exact) mass is 914 g/mol.